The number of carbonyl (C=O) groups is 1. The minimum atomic E-state index is 0.570. The van der Waals surface area contributed by atoms with Gasteiger partial charge in [0.2, 0.25) is 6.41 Å². The van der Waals surface area contributed by atoms with Crippen LogP contribution in [0.25, 0.3) is 16.6 Å². The second-order valence-electron chi connectivity index (χ2n) is 9.33. The molecule has 3 aromatic heterocycles. The van der Waals surface area contributed by atoms with Crippen LogP contribution < -0.4 is 15.0 Å². The van der Waals surface area contributed by atoms with Crippen molar-refractivity contribution in [2.75, 3.05) is 23.4 Å². The van der Waals surface area contributed by atoms with Gasteiger partial charge in [0.05, 0.1) is 21.3 Å². The molecule has 0 aliphatic heterocycles. The van der Waals surface area contributed by atoms with E-state index in [1.165, 1.54) is 27.4 Å². The number of benzene rings is 2. The van der Waals surface area contributed by atoms with E-state index in [2.05, 4.69) is 59.6 Å². The second-order valence-corrected chi connectivity index (χ2v) is 10.8. The Balaban J connectivity index is 1.30. The first-order valence-corrected chi connectivity index (χ1v) is 16.2. The van der Waals surface area contributed by atoms with Crippen molar-refractivity contribution in [3.63, 3.8) is 0 Å². The molecule has 12 heteroatoms. The average Bonchev–Trinajstić information content (AvgIpc) is 3.45. The lowest BCUT2D eigenvalue weighted by atomic mass is 10.1. The lowest BCUT2D eigenvalue weighted by Crippen LogP contribution is -2.22. The van der Waals surface area contributed by atoms with E-state index in [4.69, 9.17) is 8.92 Å². The highest BCUT2D eigenvalue weighted by atomic mass is 127. The van der Waals surface area contributed by atoms with Crippen LogP contribution in [0.3, 0.4) is 0 Å². The van der Waals surface area contributed by atoms with Crippen LogP contribution in [-0.2, 0) is 8.98 Å². The maximum atomic E-state index is 12.0. The molecule has 3 heterocycles. The Morgan fingerprint density at radius 1 is 1.12 bits per heavy atom. The average molecular weight is 682 g/mol. The Labute approximate surface area is 254 Å². The van der Waals surface area contributed by atoms with Gasteiger partial charge in [-0.05, 0) is 74.7 Å². The zero-order valence-corrected chi connectivity index (χ0v) is 25.5. The number of amides is 1. The summed E-state index contributed by atoms with van der Waals surface area (Å²) in [6.45, 7) is 5.29. The van der Waals surface area contributed by atoms with Gasteiger partial charge in [-0.15, -0.1) is 0 Å². The van der Waals surface area contributed by atoms with Crippen molar-refractivity contribution in [3.05, 3.63) is 84.6 Å². The van der Waals surface area contributed by atoms with Gasteiger partial charge in [-0.25, -0.2) is 19.5 Å². The van der Waals surface area contributed by atoms with Gasteiger partial charge in [0, 0.05) is 56.8 Å². The fourth-order valence-corrected chi connectivity index (χ4v) is 5.01. The molecule has 1 N–H and O–H groups in total. The number of aryl methyl sites for hydroxylation is 1. The van der Waals surface area contributed by atoms with Crippen molar-refractivity contribution in [3.8, 4) is 11.5 Å². The number of carbonyl (C=O) groups excluding carboxylic acids is 1. The zero-order chi connectivity index (χ0) is 28.6. The van der Waals surface area contributed by atoms with E-state index in [0.717, 1.165) is 52.8 Å². The molecule has 0 unspecified atom stereocenters. The normalized spacial score (nSPS) is 11.6. The predicted octanol–water partition coefficient (Wildman–Crippen LogP) is 7.22. The van der Waals surface area contributed by atoms with Gasteiger partial charge in [-0.2, -0.15) is 5.10 Å². The van der Waals surface area contributed by atoms with E-state index in [0.29, 0.717) is 30.4 Å². The van der Waals surface area contributed by atoms with E-state index in [-0.39, 0.29) is 0 Å². The van der Waals surface area contributed by atoms with Gasteiger partial charge in [0.1, 0.15) is 30.0 Å². The number of rotatable bonds is 13. The molecule has 0 saturated heterocycles. The molecule has 0 aliphatic carbocycles. The summed E-state index contributed by atoms with van der Waals surface area (Å²) in [6, 6.07) is 15.3. The Morgan fingerprint density at radius 3 is 2.85 bits per heavy atom. The van der Waals surface area contributed by atoms with Gasteiger partial charge in [0.25, 0.3) is 0 Å². The van der Waals surface area contributed by atoms with Crippen molar-refractivity contribution in [2.45, 2.75) is 26.7 Å². The molecule has 0 radical (unpaired) electrons. The van der Waals surface area contributed by atoms with Crippen molar-refractivity contribution in [1.82, 2.24) is 24.6 Å². The third-order valence-corrected chi connectivity index (χ3v) is 7.50. The van der Waals surface area contributed by atoms with Crippen LogP contribution in [0.1, 0.15) is 25.3 Å². The molecular weight excluding hydrogens is 653 g/mol. The topological polar surface area (TPSA) is 107 Å². The summed E-state index contributed by atoms with van der Waals surface area (Å²) in [5, 5.41) is 8.34. The number of hydrogen-bond acceptors (Lipinski definition) is 9. The fourth-order valence-electron chi connectivity index (χ4n) is 4.31. The summed E-state index contributed by atoms with van der Waals surface area (Å²) in [5.41, 5.74) is 5.29. The number of aromatic nitrogens is 5. The second kappa shape index (κ2) is 13.7. The molecule has 5 aromatic rings. The molecule has 0 spiro atoms. The van der Waals surface area contributed by atoms with Gasteiger partial charge in [0.15, 0.2) is 5.65 Å². The van der Waals surface area contributed by atoms with E-state index in [1.807, 2.05) is 61.7 Å². The molecule has 0 saturated carbocycles. The van der Waals surface area contributed by atoms with Crippen molar-refractivity contribution < 1.29 is 13.7 Å². The zero-order valence-electron chi connectivity index (χ0n) is 22.5. The highest BCUT2D eigenvalue weighted by molar-refractivity contribution is 14.2. The summed E-state index contributed by atoms with van der Waals surface area (Å²) in [6.07, 6.45) is 9.47. The maximum absolute atomic E-state index is 12.0. The number of pyridine rings is 1. The number of ether oxygens (including phenoxy) is 1. The van der Waals surface area contributed by atoms with Crippen LogP contribution in [-0.4, -0.2) is 44.1 Å². The van der Waals surface area contributed by atoms with E-state index in [1.54, 1.807) is 9.42 Å². The van der Waals surface area contributed by atoms with Crippen molar-refractivity contribution >= 4 is 70.6 Å². The molecule has 0 aliphatic rings. The van der Waals surface area contributed by atoms with Crippen LogP contribution in [0.2, 0.25) is 0 Å². The minimum absolute atomic E-state index is 0.570. The molecule has 1 amide bonds. The Hall–Kier alpha value is -3.75. The Kier molecular flexibility index (Phi) is 9.64. The summed E-state index contributed by atoms with van der Waals surface area (Å²) in [4.78, 5) is 26.8. The van der Waals surface area contributed by atoms with Crippen LogP contribution in [0.15, 0.2) is 79.0 Å². The van der Waals surface area contributed by atoms with Crippen LogP contribution in [0.5, 0.6) is 11.5 Å². The Bertz CT molecular complexity index is 1690. The summed E-state index contributed by atoms with van der Waals surface area (Å²) < 4.78 is 13.1. The van der Waals surface area contributed by atoms with E-state index in [9.17, 15) is 4.79 Å². The van der Waals surface area contributed by atoms with Crippen LogP contribution in [0, 0.1) is 6.92 Å². The molecule has 10 nitrogen and oxygen atoms in total. The number of nitrogens with zero attached hydrogens (tertiary/aromatic N) is 6. The summed E-state index contributed by atoms with van der Waals surface area (Å²) in [5.74, 6) is 2.06. The minimum Gasteiger partial charge on any atom is -0.457 e. The first-order valence-electron chi connectivity index (χ1n) is 12.9. The number of hydrogen-bond donors (Lipinski definition) is 1. The highest BCUT2D eigenvalue weighted by Gasteiger charge is 2.12. The first-order chi connectivity index (χ1) is 20.0. The van der Waals surface area contributed by atoms with Crippen molar-refractivity contribution in [2.24, 2.45) is 0 Å². The lowest BCUT2D eigenvalue weighted by Gasteiger charge is -2.19. The monoisotopic (exact) mass is 681 g/mol. The molecule has 0 fully saturated rings. The number of fused-ring (bicyclic) bond motifs is 2. The number of halogens is 1. The molecule has 0 bridgehead atoms. The van der Waals surface area contributed by atoms with Crippen LogP contribution in [0.4, 0.5) is 17.2 Å². The third kappa shape index (κ3) is 7.31. The molecule has 210 valence electrons. The molecule has 2 aromatic carbocycles. The highest BCUT2D eigenvalue weighted by Crippen LogP contribution is 2.31. The van der Waals surface area contributed by atoms with Gasteiger partial charge >= 0.3 is 0 Å². The molecular formula is C29H28IN7O3S. The number of nitrogens with one attached hydrogen (secondary N) is 1. The predicted molar refractivity (Wildman–Crippen MR) is 171 cm³/mol. The smallest absolute Gasteiger partial charge is 0.214 e. The van der Waals surface area contributed by atoms with Gasteiger partial charge in [-0.3, -0.25) is 4.79 Å². The van der Waals surface area contributed by atoms with Gasteiger partial charge < -0.3 is 19.1 Å². The quantitative estimate of drug-likeness (QED) is 0.0453. The lowest BCUT2D eigenvalue weighted by molar-refractivity contribution is -0.107. The standard InChI is InChI=1S/C29H28IN7O3S/c1-20(4-3-13-39-41-30)9-11-36(19-38)23-6-7-26-25(15-23)29(33-17-31-26)35-22-5-8-27(21(2)14-22)40-24-10-12-37-28(16-24)32-18-34-37/h4-8,10,12,14-19H,3,9,11,13H2,1-2H3,(H,31,33,35)/b20-4-. The Morgan fingerprint density at radius 2 is 2.02 bits per heavy atom. The van der Waals surface area contributed by atoms with E-state index >= 15 is 0 Å². The third-order valence-electron chi connectivity index (χ3n) is 6.48. The molecule has 0 atom stereocenters. The van der Waals surface area contributed by atoms with Crippen molar-refractivity contribution in [1.29, 1.82) is 0 Å². The summed E-state index contributed by atoms with van der Waals surface area (Å²) in [7, 11) is 1.34. The fraction of sp³-hybridized carbons (Fsp3) is 0.207. The largest absolute Gasteiger partial charge is 0.457 e. The van der Waals surface area contributed by atoms with Crippen LogP contribution >= 0.6 is 30.4 Å². The SMILES string of the molecule is C/C(=C/CCOSI)CCN(C=O)c1ccc2ncnc(Nc3ccc(Oc4ccn5ncnc5c4)c(C)c3)c2c1. The number of anilines is 3. The first kappa shape index (κ1) is 28.8. The molecule has 41 heavy (non-hydrogen) atoms. The van der Waals surface area contributed by atoms with Gasteiger partial charge in [-0.1, -0.05) is 11.6 Å². The molecule has 5 rings (SSSR count). The summed E-state index contributed by atoms with van der Waals surface area (Å²) >= 11 is 2.11. The maximum Gasteiger partial charge on any atom is 0.214 e. The van der Waals surface area contributed by atoms with E-state index < -0.39 is 0 Å².